The Morgan fingerprint density at radius 3 is 2.26 bits per heavy atom. The summed E-state index contributed by atoms with van der Waals surface area (Å²) in [6.07, 6.45) is 2.26. The number of halogens is 3. The molecule has 1 nitrogen and oxygen atoms in total. The van der Waals surface area contributed by atoms with E-state index < -0.39 is 5.82 Å². The minimum Gasteiger partial charge on any atom is -0.308 e. The standard InChI is InChI=1S/C15H22Cl2FN/c1-9(2)5-6-10(3)19-11(4)12-7-15(18)14(17)8-13(12)16/h7-11,19H,5-6H2,1-4H3. The molecule has 0 saturated carbocycles. The van der Waals surface area contributed by atoms with E-state index in [1.807, 2.05) is 6.92 Å². The van der Waals surface area contributed by atoms with Gasteiger partial charge in [-0.15, -0.1) is 0 Å². The fraction of sp³-hybridized carbons (Fsp3) is 0.600. The van der Waals surface area contributed by atoms with Gasteiger partial charge in [-0.05, 0) is 50.3 Å². The third-order valence-corrected chi connectivity index (χ3v) is 3.83. The zero-order chi connectivity index (χ0) is 14.6. The van der Waals surface area contributed by atoms with Gasteiger partial charge in [0.25, 0.3) is 0 Å². The summed E-state index contributed by atoms with van der Waals surface area (Å²) in [5.41, 5.74) is 0.750. The van der Waals surface area contributed by atoms with Gasteiger partial charge in [-0.2, -0.15) is 0 Å². The Morgan fingerprint density at radius 1 is 1.05 bits per heavy atom. The summed E-state index contributed by atoms with van der Waals surface area (Å²) < 4.78 is 13.5. The van der Waals surface area contributed by atoms with E-state index in [9.17, 15) is 4.39 Å². The van der Waals surface area contributed by atoms with Crippen molar-refractivity contribution in [2.75, 3.05) is 0 Å². The predicted molar refractivity (Wildman–Crippen MR) is 81.5 cm³/mol. The van der Waals surface area contributed by atoms with Crippen LogP contribution in [0.15, 0.2) is 12.1 Å². The first-order chi connectivity index (χ1) is 8.81. The van der Waals surface area contributed by atoms with Crippen molar-refractivity contribution in [2.45, 2.75) is 52.6 Å². The monoisotopic (exact) mass is 305 g/mol. The van der Waals surface area contributed by atoms with Crippen LogP contribution in [-0.2, 0) is 0 Å². The van der Waals surface area contributed by atoms with Gasteiger partial charge in [0, 0.05) is 17.1 Å². The van der Waals surface area contributed by atoms with E-state index in [1.165, 1.54) is 18.6 Å². The van der Waals surface area contributed by atoms with Crippen LogP contribution in [0.4, 0.5) is 4.39 Å². The predicted octanol–water partition coefficient (Wildman–Crippen LogP) is 5.61. The van der Waals surface area contributed by atoms with E-state index in [0.29, 0.717) is 17.0 Å². The van der Waals surface area contributed by atoms with Gasteiger partial charge in [-0.3, -0.25) is 0 Å². The molecule has 1 aromatic rings. The maximum Gasteiger partial charge on any atom is 0.142 e. The Kier molecular flexibility index (Phi) is 6.58. The lowest BCUT2D eigenvalue weighted by Gasteiger charge is -2.22. The highest BCUT2D eigenvalue weighted by Crippen LogP contribution is 2.29. The molecule has 4 heteroatoms. The highest BCUT2D eigenvalue weighted by atomic mass is 35.5. The van der Waals surface area contributed by atoms with Crippen LogP contribution in [0, 0.1) is 11.7 Å². The molecule has 0 radical (unpaired) electrons. The quantitative estimate of drug-likeness (QED) is 0.674. The van der Waals surface area contributed by atoms with Crippen LogP contribution in [-0.4, -0.2) is 6.04 Å². The van der Waals surface area contributed by atoms with E-state index in [1.54, 1.807) is 0 Å². The summed E-state index contributed by atoms with van der Waals surface area (Å²) in [5.74, 6) is 0.265. The summed E-state index contributed by atoms with van der Waals surface area (Å²) in [7, 11) is 0. The number of hydrogen-bond donors (Lipinski definition) is 1. The third kappa shape index (κ3) is 5.29. The molecule has 2 atom stereocenters. The van der Waals surface area contributed by atoms with Crippen LogP contribution in [0.2, 0.25) is 10.0 Å². The maximum atomic E-state index is 13.5. The summed E-state index contributed by atoms with van der Waals surface area (Å²) in [6.45, 7) is 8.54. The average molecular weight is 306 g/mol. The van der Waals surface area contributed by atoms with E-state index in [0.717, 1.165) is 12.0 Å². The molecule has 0 aliphatic heterocycles. The molecule has 108 valence electrons. The van der Waals surface area contributed by atoms with Gasteiger partial charge in [0.15, 0.2) is 0 Å². The van der Waals surface area contributed by atoms with Gasteiger partial charge >= 0.3 is 0 Å². The molecule has 1 aromatic carbocycles. The molecule has 0 aliphatic carbocycles. The van der Waals surface area contributed by atoms with Crippen LogP contribution < -0.4 is 5.32 Å². The molecular formula is C15H22Cl2FN. The van der Waals surface area contributed by atoms with Gasteiger partial charge in [0.1, 0.15) is 5.82 Å². The van der Waals surface area contributed by atoms with Crippen LogP contribution in [0.25, 0.3) is 0 Å². The first-order valence-electron chi connectivity index (χ1n) is 6.71. The molecule has 0 amide bonds. The van der Waals surface area contributed by atoms with Gasteiger partial charge in [-0.1, -0.05) is 37.0 Å². The van der Waals surface area contributed by atoms with Crippen molar-refractivity contribution >= 4 is 23.2 Å². The number of hydrogen-bond acceptors (Lipinski definition) is 1. The normalized spacial score (nSPS) is 14.7. The van der Waals surface area contributed by atoms with Crippen LogP contribution in [0.5, 0.6) is 0 Å². The lowest BCUT2D eigenvalue weighted by Crippen LogP contribution is -2.29. The summed E-state index contributed by atoms with van der Waals surface area (Å²) in [4.78, 5) is 0. The Balaban J connectivity index is 2.67. The Bertz CT molecular complexity index is 421. The molecule has 0 aliphatic rings. The van der Waals surface area contributed by atoms with E-state index in [2.05, 4.69) is 26.1 Å². The number of benzene rings is 1. The molecule has 0 saturated heterocycles. The van der Waals surface area contributed by atoms with Crippen molar-refractivity contribution < 1.29 is 4.39 Å². The number of nitrogens with one attached hydrogen (secondary N) is 1. The summed E-state index contributed by atoms with van der Waals surface area (Å²) in [5, 5.41) is 4.01. The second-order valence-corrected chi connectivity index (χ2v) is 6.36. The second-order valence-electron chi connectivity index (χ2n) is 5.55. The highest BCUT2D eigenvalue weighted by Gasteiger charge is 2.15. The van der Waals surface area contributed by atoms with Crippen molar-refractivity contribution in [3.8, 4) is 0 Å². The molecule has 0 heterocycles. The average Bonchev–Trinajstić information content (AvgIpc) is 2.31. The Labute approximate surface area is 125 Å². The largest absolute Gasteiger partial charge is 0.308 e. The SMILES string of the molecule is CC(C)CCC(C)NC(C)c1cc(F)c(Cl)cc1Cl. The minimum absolute atomic E-state index is 0.00132. The smallest absolute Gasteiger partial charge is 0.142 e. The summed E-state index contributed by atoms with van der Waals surface area (Å²) >= 11 is 11.8. The van der Waals surface area contributed by atoms with Crippen LogP contribution in [0.1, 0.15) is 52.1 Å². The van der Waals surface area contributed by atoms with Crippen molar-refractivity contribution in [2.24, 2.45) is 5.92 Å². The van der Waals surface area contributed by atoms with E-state index >= 15 is 0 Å². The molecule has 1 rings (SSSR count). The molecule has 1 N–H and O–H groups in total. The minimum atomic E-state index is -0.426. The van der Waals surface area contributed by atoms with Gasteiger partial charge < -0.3 is 5.32 Å². The Morgan fingerprint density at radius 2 is 1.68 bits per heavy atom. The zero-order valence-electron chi connectivity index (χ0n) is 11.9. The van der Waals surface area contributed by atoms with Crippen molar-refractivity contribution in [3.05, 3.63) is 33.6 Å². The topological polar surface area (TPSA) is 12.0 Å². The third-order valence-electron chi connectivity index (χ3n) is 3.22. The zero-order valence-corrected chi connectivity index (χ0v) is 13.4. The molecule has 0 spiro atoms. The van der Waals surface area contributed by atoms with E-state index in [4.69, 9.17) is 23.2 Å². The van der Waals surface area contributed by atoms with Crippen LogP contribution >= 0.6 is 23.2 Å². The van der Waals surface area contributed by atoms with Gasteiger partial charge in [-0.25, -0.2) is 4.39 Å². The van der Waals surface area contributed by atoms with Crippen molar-refractivity contribution in [3.63, 3.8) is 0 Å². The first kappa shape index (κ1) is 16.7. The second kappa shape index (κ2) is 7.47. The molecular weight excluding hydrogens is 284 g/mol. The number of rotatable bonds is 6. The highest BCUT2D eigenvalue weighted by molar-refractivity contribution is 6.35. The Hall–Kier alpha value is -0.310. The molecule has 19 heavy (non-hydrogen) atoms. The maximum absolute atomic E-state index is 13.5. The molecule has 2 unspecified atom stereocenters. The molecule has 0 aromatic heterocycles. The first-order valence-corrected chi connectivity index (χ1v) is 7.47. The molecule has 0 bridgehead atoms. The fourth-order valence-electron chi connectivity index (χ4n) is 2.05. The van der Waals surface area contributed by atoms with Gasteiger partial charge in [0.2, 0.25) is 0 Å². The molecule has 0 fully saturated rings. The summed E-state index contributed by atoms with van der Waals surface area (Å²) in [6, 6.07) is 3.25. The van der Waals surface area contributed by atoms with Crippen LogP contribution in [0.3, 0.4) is 0 Å². The fourth-order valence-corrected chi connectivity index (χ4v) is 2.60. The van der Waals surface area contributed by atoms with Gasteiger partial charge in [0.05, 0.1) is 5.02 Å². The lowest BCUT2D eigenvalue weighted by molar-refractivity contribution is 0.416. The van der Waals surface area contributed by atoms with Crippen molar-refractivity contribution in [1.82, 2.24) is 5.32 Å². The van der Waals surface area contributed by atoms with E-state index in [-0.39, 0.29) is 11.1 Å². The lowest BCUT2D eigenvalue weighted by atomic mass is 10.0. The van der Waals surface area contributed by atoms with Crippen molar-refractivity contribution in [1.29, 1.82) is 0 Å².